The van der Waals surface area contributed by atoms with Crippen LogP contribution in [0.25, 0.3) is 0 Å². The molecule has 0 N–H and O–H groups in total. The van der Waals surface area contributed by atoms with Crippen molar-refractivity contribution >= 4 is 33.7 Å². The second kappa shape index (κ2) is 9.35. The van der Waals surface area contributed by atoms with Gasteiger partial charge in [-0.15, -0.1) is 0 Å². The van der Waals surface area contributed by atoms with Gasteiger partial charge in [-0.3, -0.25) is 19.3 Å². The molecular formula is C23H23N3O7S. The molecule has 0 spiro atoms. The standard InChI is InChI=1S/C23H23N3O7S/c1-34(31,32)25-11-9-24(10-12-25)20(27)15-33-23(30)17-6-4-5-16(13-17)14-26-21(28)18-7-2-3-8-19(18)22(26)29/h2-8,13H,9-12,14-15H2,1H3. The van der Waals surface area contributed by atoms with Crippen LogP contribution in [0.15, 0.2) is 48.5 Å². The molecule has 0 atom stereocenters. The SMILES string of the molecule is CS(=O)(=O)N1CCN(C(=O)COC(=O)c2cccc(CN3C(=O)c4ccccc4C3=O)c2)CC1. The topological polar surface area (TPSA) is 121 Å². The van der Waals surface area contributed by atoms with E-state index in [4.69, 9.17) is 4.74 Å². The molecule has 2 aromatic rings. The first kappa shape index (κ1) is 23.6. The van der Waals surface area contributed by atoms with Crippen LogP contribution in [0.3, 0.4) is 0 Å². The number of fused-ring (bicyclic) bond motifs is 1. The Labute approximate surface area is 196 Å². The number of sulfonamides is 1. The normalized spacial score (nSPS) is 16.5. The number of esters is 1. The maximum Gasteiger partial charge on any atom is 0.338 e. The number of carbonyl (C=O) groups excluding carboxylic acids is 4. The average molecular weight is 486 g/mol. The maximum atomic E-state index is 12.6. The number of imide groups is 1. The molecule has 0 unspecified atom stereocenters. The number of rotatable bonds is 6. The minimum absolute atomic E-state index is 0.00296. The fourth-order valence-electron chi connectivity index (χ4n) is 3.93. The lowest BCUT2D eigenvalue weighted by molar-refractivity contribution is -0.135. The zero-order valence-corrected chi connectivity index (χ0v) is 19.3. The summed E-state index contributed by atoms with van der Waals surface area (Å²) < 4.78 is 29.6. The summed E-state index contributed by atoms with van der Waals surface area (Å²) in [6.07, 6.45) is 1.12. The molecule has 178 valence electrons. The van der Waals surface area contributed by atoms with Gasteiger partial charge in [0.25, 0.3) is 17.7 Å². The van der Waals surface area contributed by atoms with Gasteiger partial charge in [-0.1, -0.05) is 24.3 Å². The summed E-state index contributed by atoms with van der Waals surface area (Å²) in [5.74, 6) is -1.92. The van der Waals surface area contributed by atoms with E-state index in [2.05, 4.69) is 0 Å². The third-order valence-corrected chi connectivity index (χ3v) is 7.07. The minimum Gasteiger partial charge on any atom is -0.452 e. The van der Waals surface area contributed by atoms with Crippen LogP contribution in [0.1, 0.15) is 36.6 Å². The van der Waals surface area contributed by atoms with Gasteiger partial charge in [-0.05, 0) is 29.8 Å². The summed E-state index contributed by atoms with van der Waals surface area (Å²) in [5.41, 5.74) is 1.44. The van der Waals surface area contributed by atoms with Crippen molar-refractivity contribution in [2.45, 2.75) is 6.54 Å². The van der Waals surface area contributed by atoms with Crippen molar-refractivity contribution in [3.63, 3.8) is 0 Å². The van der Waals surface area contributed by atoms with E-state index in [-0.39, 0.29) is 38.3 Å². The van der Waals surface area contributed by atoms with Crippen molar-refractivity contribution in [1.29, 1.82) is 0 Å². The molecule has 1 fully saturated rings. The van der Waals surface area contributed by atoms with Crippen molar-refractivity contribution in [2.75, 3.05) is 39.0 Å². The van der Waals surface area contributed by atoms with Crippen molar-refractivity contribution < 1.29 is 32.3 Å². The van der Waals surface area contributed by atoms with E-state index in [9.17, 15) is 27.6 Å². The Morgan fingerprint density at radius 2 is 1.53 bits per heavy atom. The van der Waals surface area contributed by atoms with Crippen molar-refractivity contribution in [2.24, 2.45) is 0 Å². The summed E-state index contributed by atoms with van der Waals surface area (Å²) in [6, 6.07) is 12.9. The quantitative estimate of drug-likeness (QED) is 0.437. The molecule has 4 rings (SSSR count). The van der Waals surface area contributed by atoms with Crippen LogP contribution in [0.5, 0.6) is 0 Å². The lowest BCUT2D eigenvalue weighted by Gasteiger charge is -2.33. The van der Waals surface area contributed by atoms with Crippen LogP contribution in [-0.2, 0) is 26.1 Å². The van der Waals surface area contributed by atoms with Crippen LogP contribution in [0, 0.1) is 0 Å². The Kier molecular flexibility index (Phi) is 6.49. The van der Waals surface area contributed by atoms with Crippen molar-refractivity contribution in [1.82, 2.24) is 14.1 Å². The second-order valence-electron chi connectivity index (χ2n) is 8.06. The predicted molar refractivity (Wildman–Crippen MR) is 120 cm³/mol. The lowest BCUT2D eigenvalue weighted by Crippen LogP contribution is -2.51. The summed E-state index contributed by atoms with van der Waals surface area (Å²) in [6.45, 7) is 0.354. The van der Waals surface area contributed by atoms with Crippen molar-refractivity contribution in [3.05, 3.63) is 70.8 Å². The van der Waals surface area contributed by atoms with Gasteiger partial charge in [-0.2, -0.15) is 4.31 Å². The van der Waals surface area contributed by atoms with E-state index in [1.54, 1.807) is 36.4 Å². The number of ether oxygens (including phenoxy) is 1. The van der Waals surface area contributed by atoms with Gasteiger partial charge < -0.3 is 9.64 Å². The number of carbonyl (C=O) groups is 4. The van der Waals surface area contributed by atoms with E-state index in [0.717, 1.165) is 11.2 Å². The highest BCUT2D eigenvalue weighted by atomic mass is 32.2. The number of nitrogens with zero attached hydrogens (tertiary/aromatic N) is 3. The molecule has 0 bridgehead atoms. The molecule has 1 saturated heterocycles. The summed E-state index contributed by atoms with van der Waals surface area (Å²) in [7, 11) is -3.31. The molecule has 2 heterocycles. The largest absolute Gasteiger partial charge is 0.452 e. The van der Waals surface area contributed by atoms with Crippen LogP contribution < -0.4 is 0 Å². The molecule has 0 aromatic heterocycles. The van der Waals surface area contributed by atoms with Gasteiger partial charge >= 0.3 is 5.97 Å². The average Bonchev–Trinajstić information content (AvgIpc) is 3.07. The molecule has 2 aliphatic heterocycles. The zero-order chi connectivity index (χ0) is 24.5. The van der Waals surface area contributed by atoms with Gasteiger partial charge in [0.15, 0.2) is 6.61 Å². The van der Waals surface area contributed by atoms with E-state index in [0.29, 0.717) is 16.7 Å². The van der Waals surface area contributed by atoms with E-state index >= 15 is 0 Å². The van der Waals surface area contributed by atoms with E-state index in [1.807, 2.05) is 0 Å². The van der Waals surface area contributed by atoms with Gasteiger partial charge in [0, 0.05) is 26.2 Å². The van der Waals surface area contributed by atoms with Crippen molar-refractivity contribution in [3.8, 4) is 0 Å². The van der Waals surface area contributed by atoms with Crippen LogP contribution in [0.2, 0.25) is 0 Å². The summed E-state index contributed by atoms with van der Waals surface area (Å²) in [5, 5.41) is 0. The third-order valence-electron chi connectivity index (χ3n) is 5.77. The summed E-state index contributed by atoms with van der Waals surface area (Å²) in [4.78, 5) is 52.6. The van der Waals surface area contributed by atoms with E-state index in [1.165, 1.54) is 21.3 Å². The third kappa shape index (κ3) is 4.85. The Morgan fingerprint density at radius 1 is 0.912 bits per heavy atom. The van der Waals surface area contributed by atoms with Crippen LogP contribution in [-0.4, -0.2) is 85.3 Å². The lowest BCUT2D eigenvalue weighted by atomic mass is 10.1. The Hall–Kier alpha value is -3.57. The number of hydrogen-bond donors (Lipinski definition) is 0. The molecule has 2 aromatic carbocycles. The molecule has 2 aliphatic rings. The van der Waals surface area contributed by atoms with Gasteiger partial charge in [-0.25, -0.2) is 13.2 Å². The summed E-state index contributed by atoms with van der Waals surface area (Å²) >= 11 is 0. The highest BCUT2D eigenvalue weighted by Gasteiger charge is 2.35. The zero-order valence-electron chi connectivity index (χ0n) is 18.5. The second-order valence-corrected chi connectivity index (χ2v) is 10.0. The molecule has 0 aliphatic carbocycles. The van der Waals surface area contributed by atoms with E-state index < -0.39 is 40.3 Å². The van der Waals surface area contributed by atoms with Gasteiger partial charge in [0.1, 0.15) is 0 Å². The number of amides is 3. The molecular weight excluding hydrogens is 462 g/mol. The highest BCUT2D eigenvalue weighted by molar-refractivity contribution is 7.88. The minimum atomic E-state index is -3.31. The molecule has 11 heteroatoms. The first-order valence-electron chi connectivity index (χ1n) is 10.6. The van der Waals surface area contributed by atoms with Crippen LogP contribution >= 0.6 is 0 Å². The Morgan fingerprint density at radius 3 is 2.12 bits per heavy atom. The highest BCUT2D eigenvalue weighted by Crippen LogP contribution is 2.24. The first-order chi connectivity index (χ1) is 16.1. The van der Waals surface area contributed by atoms with Crippen LogP contribution in [0.4, 0.5) is 0 Å². The van der Waals surface area contributed by atoms with Gasteiger partial charge in [0.2, 0.25) is 10.0 Å². The number of benzene rings is 2. The number of hydrogen-bond acceptors (Lipinski definition) is 7. The number of piperazine rings is 1. The maximum absolute atomic E-state index is 12.6. The first-order valence-corrected chi connectivity index (χ1v) is 12.4. The Bertz CT molecular complexity index is 1230. The predicted octanol–water partition coefficient (Wildman–Crippen LogP) is 0.743. The smallest absolute Gasteiger partial charge is 0.338 e. The fraction of sp³-hybridized carbons (Fsp3) is 0.304. The molecule has 10 nitrogen and oxygen atoms in total. The molecule has 0 saturated carbocycles. The Balaban J connectivity index is 1.33. The monoisotopic (exact) mass is 485 g/mol. The van der Waals surface area contributed by atoms with Gasteiger partial charge in [0.05, 0.1) is 29.5 Å². The fourth-order valence-corrected chi connectivity index (χ4v) is 4.76. The molecule has 3 amide bonds. The molecule has 34 heavy (non-hydrogen) atoms. The molecule has 0 radical (unpaired) electrons.